The molecule has 1 N–H and O–H groups in total. The molecule has 140 valence electrons. The van der Waals surface area contributed by atoms with Crippen LogP contribution in [0.15, 0.2) is 48.8 Å². The van der Waals surface area contributed by atoms with Gasteiger partial charge < -0.3 is 10.2 Å². The third-order valence-electron chi connectivity index (χ3n) is 4.97. The number of hydrogen-bond acceptors (Lipinski definition) is 5. The predicted molar refractivity (Wildman–Crippen MR) is 107 cm³/mol. The van der Waals surface area contributed by atoms with Gasteiger partial charge in [-0.25, -0.2) is 9.97 Å². The maximum atomic E-state index is 12.2. The van der Waals surface area contributed by atoms with E-state index in [1.807, 2.05) is 12.1 Å². The van der Waals surface area contributed by atoms with E-state index in [1.54, 1.807) is 0 Å². The van der Waals surface area contributed by atoms with Crippen LogP contribution in [-0.2, 0) is 0 Å². The van der Waals surface area contributed by atoms with E-state index in [4.69, 9.17) is 0 Å². The van der Waals surface area contributed by atoms with Gasteiger partial charge in [0, 0.05) is 44.8 Å². The van der Waals surface area contributed by atoms with Crippen LogP contribution in [0.1, 0.15) is 28.9 Å². The molecule has 1 amide bonds. The highest BCUT2D eigenvalue weighted by Crippen LogP contribution is 2.20. The Labute approximate surface area is 159 Å². The molecule has 6 heteroatoms. The van der Waals surface area contributed by atoms with Crippen molar-refractivity contribution in [3.63, 3.8) is 0 Å². The SMILES string of the molecule is O=C(NC1CC1)c1cc(N2CCN(C/C=C/c3ccccc3)CC2)ncn1. The Morgan fingerprint density at radius 2 is 1.89 bits per heavy atom. The Morgan fingerprint density at radius 3 is 2.63 bits per heavy atom. The van der Waals surface area contributed by atoms with Gasteiger partial charge in [-0.1, -0.05) is 42.5 Å². The molecule has 2 heterocycles. The summed E-state index contributed by atoms with van der Waals surface area (Å²) in [7, 11) is 0. The summed E-state index contributed by atoms with van der Waals surface area (Å²) in [6, 6.07) is 12.5. The molecule has 0 spiro atoms. The molecule has 1 saturated carbocycles. The van der Waals surface area contributed by atoms with E-state index >= 15 is 0 Å². The number of nitrogens with one attached hydrogen (secondary N) is 1. The van der Waals surface area contributed by atoms with Crippen molar-refractivity contribution >= 4 is 17.8 Å². The predicted octanol–water partition coefficient (Wildman–Crippen LogP) is 2.20. The number of benzene rings is 1. The third-order valence-corrected chi connectivity index (χ3v) is 4.97. The van der Waals surface area contributed by atoms with Crippen molar-refractivity contribution < 1.29 is 4.79 Å². The first kappa shape index (κ1) is 17.7. The number of piperazine rings is 1. The lowest BCUT2D eigenvalue weighted by Gasteiger charge is -2.34. The topological polar surface area (TPSA) is 61.4 Å². The van der Waals surface area contributed by atoms with Gasteiger partial charge in [0.2, 0.25) is 0 Å². The molecule has 0 radical (unpaired) electrons. The van der Waals surface area contributed by atoms with Gasteiger partial charge in [-0.05, 0) is 18.4 Å². The van der Waals surface area contributed by atoms with Crippen molar-refractivity contribution in [2.75, 3.05) is 37.6 Å². The first-order valence-electron chi connectivity index (χ1n) is 9.60. The fourth-order valence-corrected chi connectivity index (χ4v) is 3.19. The maximum absolute atomic E-state index is 12.2. The maximum Gasteiger partial charge on any atom is 0.270 e. The number of anilines is 1. The quantitative estimate of drug-likeness (QED) is 0.853. The molecule has 1 aromatic heterocycles. The van der Waals surface area contributed by atoms with E-state index in [0.717, 1.165) is 51.4 Å². The van der Waals surface area contributed by atoms with E-state index in [9.17, 15) is 4.79 Å². The fourth-order valence-electron chi connectivity index (χ4n) is 3.19. The number of amides is 1. The monoisotopic (exact) mass is 363 g/mol. The van der Waals surface area contributed by atoms with Crippen LogP contribution in [0.5, 0.6) is 0 Å². The summed E-state index contributed by atoms with van der Waals surface area (Å²) in [4.78, 5) is 25.3. The molecule has 0 unspecified atom stereocenters. The Morgan fingerprint density at radius 1 is 1.11 bits per heavy atom. The molecule has 4 rings (SSSR count). The molecule has 2 aliphatic rings. The van der Waals surface area contributed by atoms with Crippen LogP contribution in [-0.4, -0.2) is 59.5 Å². The van der Waals surface area contributed by atoms with Crippen molar-refractivity contribution in [3.8, 4) is 0 Å². The molecule has 0 atom stereocenters. The Balaban J connectivity index is 1.28. The van der Waals surface area contributed by atoms with Crippen LogP contribution in [0.25, 0.3) is 6.08 Å². The van der Waals surface area contributed by atoms with Gasteiger partial charge >= 0.3 is 0 Å². The van der Waals surface area contributed by atoms with Crippen molar-refractivity contribution in [2.24, 2.45) is 0 Å². The third kappa shape index (κ3) is 4.92. The lowest BCUT2D eigenvalue weighted by molar-refractivity contribution is 0.0946. The minimum atomic E-state index is -0.0918. The molecule has 1 aromatic carbocycles. The number of carbonyl (C=O) groups excluding carboxylic acids is 1. The summed E-state index contributed by atoms with van der Waals surface area (Å²) in [5.41, 5.74) is 1.69. The van der Waals surface area contributed by atoms with Crippen molar-refractivity contribution in [2.45, 2.75) is 18.9 Å². The van der Waals surface area contributed by atoms with Crippen LogP contribution < -0.4 is 10.2 Å². The van der Waals surface area contributed by atoms with Gasteiger partial charge in [0.05, 0.1) is 0 Å². The first-order chi connectivity index (χ1) is 13.3. The van der Waals surface area contributed by atoms with Gasteiger partial charge in [0.25, 0.3) is 5.91 Å². The summed E-state index contributed by atoms with van der Waals surface area (Å²) in [6.07, 6.45) is 8.03. The van der Waals surface area contributed by atoms with Crippen molar-refractivity contribution in [1.82, 2.24) is 20.2 Å². The molecule has 2 fully saturated rings. The highest BCUT2D eigenvalue weighted by Gasteiger charge is 2.25. The van der Waals surface area contributed by atoms with E-state index in [-0.39, 0.29) is 5.91 Å². The second-order valence-electron chi connectivity index (χ2n) is 7.11. The number of nitrogens with zero attached hydrogens (tertiary/aromatic N) is 4. The Bertz CT molecular complexity index is 795. The van der Waals surface area contributed by atoms with Crippen LogP contribution in [0.2, 0.25) is 0 Å². The molecule has 6 nitrogen and oxygen atoms in total. The highest BCUT2D eigenvalue weighted by atomic mass is 16.2. The zero-order chi connectivity index (χ0) is 18.5. The summed E-state index contributed by atoms with van der Waals surface area (Å²) in [5, 5.41) is 2.98. The van der Waals surface area contributed by atoms with E-state index in [2.05, 4.69) is 61.5 Å². The minimum absolute atomic E-state index is 0.0918. The molecule has 2 aromatic rings. The van der Waals surface area contributed by atoms with E-state index < -0.39 is 0 Å². The van der Waals surface area contributed by atoms with E-state index in [0.29, 0.717) is 11.7 Å². The molecular formula is C21H25N5O. The van der Waals surface area contributed by atoms with Crippen molar-refractivity contribution in [1.29, 1.82) is 0 Å². The fraction of sp³-hybridized carbons (Fsp3) is 0.381. The molecule has 1 saturated heterocycles. The summed E-state index contributed by atoms with van der Waals surface area (Å²) in [6.45, 7) is 4.71. The van der Waals surface area contributed by atoms with Gasteiger partial charge in [-0.15, -0.1) is 0 Å². The van der Waals surface area contributed by atoms with Gasteiger partial charge in [-0.3, -0.25) is 9.69 Å². The lowest BCUT2D eigenvalue weighted by atomic mass is 10.2. The second kappa shape index (κ2) is 8.31. The molecule has 1 aliphatic carbocycles. The second-order valence-corrected chi connectivity index (χ2v) is 7.11. The van der Waals surface area contributed by atoms with E-state index in [1.165, 1.54) is 11.9 Å². The Kier molecular flexibility index (Phi) is 5.44. The lowest BCUT2D eigenvalue weighted by Crippen LogP contribution is -2.46. The number of carbonyl (C=O) groups is 1. The van der Waals surface area contributed by atoms with Gasteiger partial charge in [-0.2, -0.15) is 0 Å². The number of rotatable bonds is 6. The standard InChI is InChI=1S/C21H25N5O/c27-21(24-18-8-9-18)19-15-20(23-16-22-19)26-13-11-25(12-14-26)10-4-7-17-5-2-1-3-6-17/h1-7,15-16,18H,8-14H2,(H,24,27)/b7-4+. The minimum Gasteiger partial charge on any atom is -0.354 e. The van der Waals surface area contributed by atoms with Crippen molar-refractivity contribution in [3.05, 3.63) is 60.1 Å². The van der Waals surface area contributed by atoms with Crippen LogP contribution in [0.4, 0.5) is 5.82 Å². The largest absolute Gasteiger partial charge is 0.354 e. The molecule has 27 heavy (non-hydrogen) atoms. The smallest absolute Gasteiger partial charge is 0.270 e. The molecule has 1 aliphatic heterocycles. The van der Waals surface area contributed by atoms with Crippen LogP contribution >= 0.6 is 0 Å². The van der Waals surface area contributed by atoms with Crippen LogP contribution in [0.3, 0.4) is 0 Å². The Hall–Kier alpha value is -2.73. The van der Waals surface area contributed by atoms with Crippen LogP contribution in [0, 0.1) is 0 Å². The zero-order valence-electron chi connectivity index (χ0n) is 15.4. The number of aromatic nitrogens is 2. The number of hydrogen-bond donors (Lipinski definition) is 1. The summed E-state index contributed by atoms with van der Waals surface area (Å²) >= 11 is 0. The molecule has 0 bridgehead atoms. The first-order valence-corrected chi connectivity index (χ1v) is 9.60. The summed E-state index contributed by atoms with van der Waals surface area (Å²) in [5.74, 6) is 0.747. The highest BCUT2D eigenvalue weighted by molar-refractivity contribution is 5.93. The summed E-state index contributed by atoms with van der Waals surface area (Å²) < 4.78 is 0. The average Bonchev–Trinajstić information content (AvgIpc) is 3.53. The van der Waals surface area contributed by atoms with Gasteiger partial charge in [0.15, 0.2) is 0 Å². The molecular weight excluding hydrogens is 338 g/mol. The normalized spacial score (nSPS) is 18.0. The zero-order valence-corrected chi connectivity index (χ0v) is 15.4. The average molecular weight is 363 g/mol. The van der Waals surface area contributed by atoms with Gasteiger partial charge in [0.1, 0.15) is 17.8 Å².